The van der Waals surface area contributed by atoms with Gasteiger partial charge in [0.2, 0.25) is 11.8 Å². The molecule has 1 heterocycles. The van der Waals surface area contributed by atoms with Crippen LogP contribution in [0.4, 0.5) is 11.4 Å². The van der Waals surface area contributed by atoms with Crippen molar-refractivity contribution in [2.75, 3.05) is 11.1 Å². The van der Waals surface area contributed by atoms with Crippen molar-refractivity contribution in [2.45, 2.75) is 5.22 Å². The number of hydrogen-bond acceptors (Lipinski definition) is 7. The summed E-state index contributed by atoms with van der Waals surface area (Å²) in [4.78, 5) is 22.1. The molecule has 3 aromatic rings. The standard InChI is InChI=1S/C16H10Cl2N4O4S/c17-9-1-6-12(13(18)7-9)15-20-21-16(26-15)27-8-14(23)19-10-2-4-11(5-3-10)22(24)25/h1-7H,8H2,(H,19,23). The molecule has 3 rings (SSSR count). The first kappa shape index (κ1) is 19.2. The van der Waals surface area contributed by atoms with Crippen molar-refractivity contribution < 1.29 is 14.1 Å². The molecule has 0 bridgehead atoms. The van der Waals surface area contributed by atoms with E-state index in [0.29, 0.717) is 21.3 Å². The quantitative estimate of drug-likeness (QED) is 0.347. The Hall–Kier alpha value is -2.62. The SMILES string of the molecule is O=C(CSc1nnc(-c2ccc(Cl)cc2Cl)o1)Nc1ccc([N+](=O)[O-])cc1. The van der Waals surface area contributed by atoms with E-state index in [1.165, 1.54) is 24.3 Å². The second-order valence-corrected chi connectivity index (χ2v) is 6.91. The number of nitro groups is 1. The minimum absolute atomic E-state index is 0.0208. The first-order valence-electron chi connectivity index (χ1n) is 7.38. The number of benzene rings is 2. The summed E-state index contributed by atoms with van der Waals surface area (Å²) in [6.45, 7) is 0. The molecule has 0 saturated carbocycles. The van der Waals surface area contributed by atoms with E-state index >= 15 is 0 Å². The van der Waals surface area contributed by atoms with Gasteiger partial charge in [-0.3, -0.25) is 14.9 Å². The average molecular weight is 425 g/mol. The van der Waals surface area contributed by atoms with Crippen molar-refractivity contribution in [2.24, 2.45) is 0 Å². The summed E-state index contributed by atoms with van der Waals surface area (Å²) in [5.41, 5.74) is 0.933. The molecule has 0 aliphatic heterocycles. The van der Waals surface area contributed by atoms with Crippen LogP contribution in [0.3, 0.4) is 0 Å². The van der Waals surface area contributed by atoms with Gasteiger partial charge in [-0.05, 0) is 30.3 Å². The van der Waals surface area contributed by atoms with Crippen LogP contribution in [-0.2, 0) is 4.79 Å². The molecule has 138 valence electrons. The van der Waals surface area contributed by atoms with Gasteiger partial charge in [0.05, 0.1) is 21.3 Å². The third-order valence-corrected chi connectivity index (χ3v) is 4.62. The van der Waals surface area contributed by atoms with Crippen LogP contribution in [0.5, 0.6) is 0 Å². The van der Waals surface area contributed by atoms with Crippen LogP contribution < -0.4 is 5.32 Å². The Kier molecular flexibility index (Phi) is 5.94. The Balaban J connectivity index is 1.58. The number of nitrogens with zero attached hydrogens (tertiary/aromatic N) is 3. The predicted molar refractivity (Wildman–Crippen MR) is 102 cm³/mol. The Morgan fingerprint density at radius 1 is 1.19 bits per heavy atom. The summed E-state index contributed by atoms with van der Waals surface area (Å²) >= 11 is 13.0. The lowest BCUT2D eigenvalue weighted by Crippen LogP contribution is -2.13. The molecule has 0 unspecified atom stereocenters. The third kappa shape index (κ3) is 4.97. The first-order chi connectivity index (χ1) is 12.9. The van der Waals surface area contributed by atoms with Crippen molar-refractivity contribution in [1.29, 1.82) is 0 Å². The highest BCUT2D eigenvalue weighted by molar-refractivity contribution is 7.99. The van der Waals surface area contributed by atoms with Gasteiger partial charge < -0.3 is 9.73 Å². The number of hydrogen-bond donors (Lipinski definition) is 1. The number of nitrogens with one attached hydrogen (secondary N) is 1. The normalized spacial score (nSPS) is 10.6. The van der Waals surface area contributed by atoms with Crippen molar-refractivity contribution >= 4 is 52.2 Å². The van der Waals surface area contributed by atoms with Crippen molar-refractivity contribution in [3.63, 3.8) is 0 Å². The first-order valence-corrected chi connectivity index (χ1v) is 9.12. The molecule has 0 aliphatic rings. The fourth-order valence-corrected chi connectivity index (χ4v) is 3.08. The minimum atomic E-state index is -0.512. The number of halogens is 2. The molecule has 0 saturated heterocycles. The largest absolute Gasteiger partial charge is 0.411 e. The van der Waals surface area contributed by atoms with Gasteiger partial charge in [0, 0.05) is 22.8 Å². The number of rotatable bonds is 6. The average Bonchev–Trinajstić information content (AvgIpc) is 3.09. The highest BCUT2D eigenvalue weighted by Crippen LogP contribution is 2.31. The van der Waals surface area contributed by atoms with Gasteiger partial charge >= 0.3 is 0 Å². The number of amides is 1. The van der Waals surface area contributed by atoms with Crippen molar-refractivity contribution in [1.82, 2.24) is 10.2 Å². The smallest absolute Gasteiger partial charge is 0.277 e. The van der Waals surface area contributed by atoms with Crippen LogP contribution >= 0.6 is 35.0 Å². The number of non-ortho nitro benzene ring substituents is 1. The van der Waals surface area contributed by atoms with Crippen LogP contribution in [-0.4, -0.2) is 26.8 Å². The Bertz CT molecular complexity index is 994. The van der Waals surface area contributed by atoms with Crippen LogP contribution in [0.1, 0.15) is 0 Å². The molecule has 0 fully saturated rings. The molecular formula is C16H10Cl2N4O4S. The molecule has 0 spiro atoms. The molecule has 27 heavy (non-hydrogen) atoms. The van der Waals surface area contributed by atoms with Gasteiger partial charge in [-0.25, -0.2) is 0 Å². The number of carbonyl (C=O) groups is 1. The van der Waals surface area contributed by atoms with E-state index in [9.17, 15) is 14.9 Å². The van der Waals surface area contributed by atoms with Crippen LogP contribution in [0.25, 0.3) is 11.5 Å². The highest BCUT2D eigenvalue weighted by Gasteiger charge is 2.14. The lowest BCUT2D eigenvalue weighted by atomic mass is 10.2. The van der Waals surface area contributed by atoms with Gasteiger partial charge in [0.1, 0.15) is 0 Å². The summed E-state index contributed by atoms with van der Waals surface area (Å²) in [7, 11) is 0. The maximum atomic E-state index is 12.0. The molecule has 1 N–H and O–H groups in total. The fraction of sp³-hybridized carbons (Fsp3) is 0.0625. The van der Waals surface area contributed by atoms with Crippen LogP contribution in [0.2, 0.25) is 10.0 Å². The summed E-state index contributed by atoms with van der Waals surface area (Å²) in [6.07, 6.45) is 0. The lowest BCUT2D eigenvalue weighted by Gasteiger charge is -2.03. The molecule has 11 heteroatoms. The highest BCUT2D eigenvalue weighted by atomic mass is 35.5. The van der Waals surface area contributed by atoms with Gasteiger partial charge in [-0.1, -0.05) is 35.0 Å². The van der Waals surface area contributed by atoms with E-state index in [1.807, 2.05) is 0 Å². The molecule has 1 amide bonds. The summed E-state index contributed by atoms with van der Waals surface area (Å²) in [5.74, 6) is -0.0828. The third-order valence-electron chi connectivity index (χ3n) is 3.26. The Morgan fingerprint density at radius 2 is 1.93 bits per heavy atom. The van der Waals surface area contributed by atoms with E-state index in [-0.39, 0.29) is 28.5 Å². The molecule has 0 atom stereocenters. The molecule has 8 nitrogen and oxygen atoms in total. The van der Waals surface area contributed by atoms with E-state index in [4.69, 9.17) is 27.6 Å². The zero-order valence-electron chi connectivity index (χ0n) is 13.4. The fourth-order valence-electron chi connectivity index (χ4n) is 2.03. The van der Waals surface area contributed by atoms with Gasteiger partial charge in [0.25, 0.3) is 10.9 Å². The number of nitro benzene ring substituents is 1. The van der Waals surface area contributed by atoms with Crippen molar-refractivity contribution in [3.8, 4) is 11.5 Å². The van der Waals surface area contributed by atoms with E-state index < -0.39 is 4.92 Å². The maximum Gasteiger partial charge on any atom is 0.277 e. The van der Waals surface area contributed by atoms with E-state index in [0.717, 1.165) is 11.8 Å². The van der Waals surface area contributed by atoms with Crippen LogP contribution in [0, 0.1) is 10.1 Å². The van der Waals surface area contributed by atoms with Crippen LogP contribution in [0.15, 0.2) is 52.1 Å². The molecule has 0 aliphatic carbocycles. The van der Waals surface area contributed by atoms with Crippen molar-refractivity contribution in [3.05, 3.63) is 62.6 Å². The predicted octanol–water partition coefficient (Wildman–Crippen LogP) is 4.68. The minimum Gasteiger partial charge on any atom is -0.411 e. The van der Waals surface area contributed by atoms with Gasteiger partial charge in [0.15, 0.2) is 0 Å². The number of thioether (sulfide) groups is 1. The van der Waals surface area contributed by atoms with E-state index in [2.05, 4.69) is 15.5 Å². The zero-order chi connectivity index (χ0) is 19.4. The van der Waals surface area contributed by atoms with E-state index in [1.54, 1.807) is 18.2 Å². The number of carbonyl (C=O) groups excluding carboxylic acids is 1. The number of anilines is 1. The molecule has 2 aromatic carbocycles. The topological polar surface area (TPSA) is 111 Å². The summed E-state index contributed by atoms with van der Waals surface area (Å²) in [5, 5.41) is 22.1. The second kappa shape index (κ2) is 8.38. The van der Waals surface area contributed by atoms with Gasteiger partial charge in [-0.2, -0.15) is 0 Å². The Labute approximate surface area is 167 Å². The summed E-state index contributed by atoms with van der Waals surface area (Å²) < 4.78 is 5.49. The molecule has 1 aromatic heterocycles. The zero-order valence-corrected chi connectivity index (χ0v) is 15.7. The lowest BCUT2D eigenvalue weighted by molar-refractivity contribution is -0.384. The number of aromatic nitrogens is 2. The van der Waals surface area contributed by atoms with Gasteiger partial charge in [-0.15, -0.1) is 10.2 Å². The Morgan fingerprint density at radius 3 is 2.59 bits per heavy atom. The monoisotopic (exact) mass is 424 g/mol. The molecule has 0 radical (unpaired) electrons. The summed E-state index contributed by atoms with van der Waals surface area (Å²) in [6, 6.07) is 10.4. The molecular weight excluding hydrogens is 415 g/mol. The second-order valence-electron chi connectivity index (χ2n) is 5.14. The maximum absolute atomic E-state index is 12.0.